The van der Waals surface area contributed by atoms with Crippen LogP contribution in [-0.2, 0) is 11.2 Å². The average Bonchev–Trinajstić information content (AvgIpc) is 3.12. The summed E-state index contributed by atoms with van der Waals surface area (Å²) in [6.07, 6.45) is 0.375. The topological polar surface area (TPSA) is 42.0 Å². The largest absolute Gasteiger partial charge is 0.302 e. The molecule has 0 bridgehead atoms. The second-order valence-corrected chi connectivity index (χ2v) is 6.98. The summed E-state index contributed by atoms with van der Waals surface area (Å²) in [4.78, 5) is 17.8. The van der Waals surface area contributed by atoms with Crippen LogP contribution >= 0.6 is 22.7 Å². The SMILES string of the molecule is Cc1ccc(CC(=O)Nc2nc(-c3cccs3)cs2)c(C)c1. The monoisotopic (exact) mass is 328 g/mol. The lowest BCUT2D eigenvalue weighted by molar-refractivity contribution is -0.115. The van der Waals surface area contributed by atoms with Crippen LogP contribution in [0.25, 0.3) is 10.6 Å². The molecule has 0 aliphatic rings. The normalized spacial score (nSPS) is 10.6. The predicted molar refractivity (Wildman–Crippen MR) is 93.7 cm³/mol. The van der Waals surface area contributed by atoms with Gasteiger partial charge in [0.2, 0.25) is 5.91 Å². The first kappa shape index (κ1) is 14.9. The van der Waals surface area contributed by atoms with Crippen LogP contribution in [0.4, 0.5) is 5.13 Å². The molecule has 1 N–H and O–H groups in total. The van der Waals surface area contributed by atoms with E-state index in [1.807, 2.05) is 41.9 Å². The summed E-state index contributed by atoms with van der Waals surface area (Å²) >= 11 is 3.10. The molecule has 2 aromatic heterocycles. The smallest absolute Gasteiger partial charge is 0.230 e. The summed E-state index contributed by atoms with van der Waals surface area (Å²) < 4.78 is 0. The lowest BCUT2D eigenvalue weighted by atomic mass is 10.0. The van der Waals surface area contributed by atoms with Gasteiger partial charge in [0.05, 0.1) is 17.0 Å². The molecule has 3 nitrogen and oxygen atoms in total. The second kappa shape index (κ2) is 6.42. The number of hydrogen-bond donors (Lipinski definition) is 1. The third-order valence-electron chi connectivity index (χ3n) is 3.37. The second-order valence-electron chi connectivity index (χ2n) is 5.17. The summed E-state index contributed by atoms with van der Waals surface area (Å²) in [7, 11) is 0. The summed E-state index contributed by atoms with van der Waals surface area (Å²) in [5.41, 5.74) is 4.33. The molecule has 0 saturated carbocycles. The number of aryl methyl sites for hydroxylation is 2. The minimum Gasteiger partial charge on any atom is -0.302 e. The van der Waals surface area contributed by atoms with Gasteiger partial charge in [-0.1, -0.05) is 29.8 Å². The number of amides is 1. The number of nitrogens with zero attached hydrogens (tertiary/aromatic N) is 1. The highest BCUT2D eigenvalue weighted by molar-refractivity contribution is 7.16. The minimum atomic E-state index is -0.0287. The van der Waals surface area contributed by atoms with Crippen LogP contribution in [0.5, 0.6) is 0 Å². The standard InChI is InChI=1S/C17H16N2OS2/c1-11-5-6-13(12(2)8-11)9-16(20)19-17-18-14(10-22-17)15-4-3-7-21-15/h3-8,10H,9H2,1-2H3,(H,18,19,20). The molecule has 3 aromatic rings. The van der Waals surface area contributed by atoms with Gasteiger partial charge >= 0.3 is 0 Å². The maximum Gasteiger partial charge on any atom is 0.230 e. The highest BCUT2D eigenvalue weighted by Crippen LogP contribution is 2.28. The van der Waals surface area contributed by atoms with Gasteiger partial charge in [0.1, 0.15) is 0 Å². The van der Waals surface area contributed by atoms with Gasteiger partial charge in [-0.05, 0) is 36.4 Å². The van der Waals surface area contributed by atoms with Crippen molar-refractivity contribution < 1.29 is 4.79 Å². The Morgan fingerprint density at radius 1 is 1.23 bits per heavy atom. The molecular formula is C17H16N2OS2. The van der Waals surface area contributed by atoms with E-state index in [1.54, 1.807) is 11.3 Å². The molecule has 3 rings (SSSR count). The van der Waals surface area contributed by atoms with Crippen molar-refractivity contribution in [2.75, 3.05) is 5.32 Å². The Morgan fingerprint density at radius 2 is 2.09 bits per heavy atom. The lowest BCUT2D eigenvalue weighted by Crippen LogP contribution is -2.14. The van der Waals surface area contributed by atoms with Gasteiger partial charge < -0.3 is 5.32 Å². The van der Waals surface area contributed by atoms with Crippen LogP contribution in [-0.4, -0.2) is 10.9 Å². The number of aromatic nitrogens is 1. The molecule has 5 heteroatoms. The fraction of sp³-hybridized carbons (Fsp3) is 0.176. The Balaban J connectivity index is 1.67. The first-order valence-electron chi connectivity index (χ1n) is 6.97. The number of benzene rings is 1. The maximum atomic E-state index is 12.2. The zero-order chi connectivity index (χ0) is 15.5. The molecule has 0 spiro atoms. The molecular weight excluding hydrogens is 312 g/mol. The van der Waals surface area contributed by atoms with Gasteiger partial charge in [0.25, 0.3) is 0 Å². The summed E-state index contributed by atoms with van der Waals surface area (Å²) in [5, 5.41) is 7.53. The molecule has 0 unspecified atom stereocenters. The van der Waals surface area contributed by atoms with Crippen molar-refractivity contribution in [3.8, 4) is 10.6 Å². The van der Waals surface area contributed by atoms with Gasteiger partial charge in [-0.3, -0.25) is 4.79 Å². The van der Waals surface area contributed by atoms with Crippen LogP contribution in [0.15, 0.2) is 41.1 Å². The van der Waals surface area contributed by atoms with Gasteiger partial charge in [-0.15, -0.1) is 22.7 Å². The van der Waals surface area contributed by atoms with Crippen molar-refractivity contribution in [1.29, 1.82) is 0 Å². The van der Waals surface area contributed by atoms with E-state index >= 15 is 0 Å². The fourth-order valence-electron chi connectivity index (χ4n) is 2.25. The first-order valence-corrected chi connectivity index (χ1v) is 8.73. The third-order valence-corrected chi connectivity index (χ3v) is 5.02. The summed E-state index contributed by atoms with van der Waals surface area (Å²) in [5.74, 6) is -0.0287. The predicted octanol–water partition coefficient (Wildman–Crippen LogP) is 4.67. The molecule has 1 aromatic carbocycles. The van der Waals surface area contributed by atoms with Crippen LogP contribution < -0.4 is 5.32 Å². The Morgan fingerprint density at radius 3 is 2.82 bits per heavy atom. The molecule has 112 valence electrons. The van der Waals surface area contributed by atoms with E-state index in [-0.39, 0.29) is 5.91 Å². The number of hydrogen-bond acceptors (Lipinski definition) is 4. The van der Waals surface area contributed by atoms with E-state index < -0.39 is 0 Å². The zero-order valence-electron chi connectivity index (χ0n) is 12.4. The molecule has 0 saturated heterocycles. The van der Waals surface area contributed by atoms with E-state index in [0.29, 0.717) is 11.6 Å². The van der Waals surface area contributed by atoms with Gasteiger partial charge in [0.15, 0.2) is 5.13 Å². The van der Waals surface area contributed by atoms with Gasteiger partial charge in [-0.25, -0.2) is 4.98 Å². The molecule has 0 atom stereocenters. The lowest BCUT2D eigenvalue weighted by Gasteiger charge is -2.06. The Hall–Kier alpha value is -1.98. The minimum absolute atomic E-state index is 0.0287. The molecule has 1 amide bonds. The molecule has 0 radical (unpaired) electrons. The van der Waals surface area contributed by atoms with E-state index in [4.69, 9.17) is 0 Å². The highest BCUT2D eigenvalue weighted by Gasteiger charge is 2.10. The van der Waals surface area contributed by atoms with Crippen molar-refractivity contribution in [3.63, 3.8) is 0 Å². The van der Waals surface area contributed by atoms with Crippen LogP contribution in [0.1, 0.15) is 16.7 Å². The number of carbonyl (C=O) groups is 1. The van der Waals surface area contributed by atoms with E-state index in [1.165, 1.54) is 16.9 Å². The molecule has 0 aliphatic heterocycles. The zero-order valence-corrected chi connectivity index (χ0v) is 14.1. The highest BCUT2D eigenvalue weighted by atomic mass is 32.1. The van der Waals surface area contributed by atoms with Crippen molar-refractivity contribution in [2.45, 2.75) is 20.3 Å². The van der Waals surface area contributed by atoms with E-state index in [9.17, 15) is 4.79 Å². The van der Waals surface area contributed by atoms with E-state index in [2.05, 4.69) is 23.3 Å². The average molecular weight is 328 g/mol. The van der Waals surface area contributed by atoms with Crippen molar-refractivity contribution in [2.24, 2.45) is 0 Å². The third kappa shape index (κ3) is 3.43. The number of rotatable bonds is 4. The molecule has 22 heavy (non-hydrogen) atoms. The summed E-state index contributed by atoms with van der Waals surface area (Å²) in [6.45, 7) is 4.09. The number of thiazole rings is 1. The van der Waals surface area contributed by atoms with Crippen LogP contribution in [0.3, 0.4) is 0 Å². The van der Waals surface area contributed by atoms with E-state index in [0.717, 1.165) is 21.7 Å². The Bertz CT molecular complexity index is 791. The molecule has 0 aliphatic carbocycles. The van der Waals surface area contributed by atoms with Crippen molar-refractivity contribution in [1.82, 2.24) is 4.98 Å². The van der Waals surface area contributed by atoms with Crippen molar-refractivity contribution >= 4 is 33.7 Å². The molecule has 0 fully saturated rings. The first-order chi connectivity index (χ1) is 10.6. The number of carbonyl (C=O) groups excluding carboxylic acids is 1. The quantitative estimate of drug-likeness (QED) is 0.756. The number of thiophene rings is 1. The fourth-order valence-corrected chi connectivity index (χ4v) is 3.74. The van der Waals surface area contributed by atoms with Crippen LogP contribution in [0.2, 0.25) is 0 Å². The van der Waals surface area contributed by atoms with Crippen LogP contribution in [0, 0.1) is 13.8 Å². The number of anilines is 1. The van der Waals surface area contributed by atoms with Gasteiger partial charge in [-0.2, -0.15) is 0 Å². The van der Waals surface area contributed by atoms with Gasteiger partial charge in [0, 0.05) is 5.38 Å². The Labute approximate surface area is 137 Å². The maximum absolute atomic E-state index is 12.2. The number of nitrogens with one attached hydrogen (secondary N) is 1. The molecule has 2 heterocycles. The van der Waals surface area contributed by atoms with Crippen molar-refractivity contribution in [3.05, 3.63) is 57.8 Å². The Kier molecular flexibility index (Phi) is 4.36. The summed E-state index contributed by atoms with van der Waals surface area (Å²) in [6, 6.07) is 10.2.